The molecule has 0 saturated carbocycles. The highest BCUT2D eigenvalue weighted by molar-refractivity contribution is 5.39. The van der Waals surface area contributed by atoms with E-state index in [4.69, 9.17) is 4.74 Å². The maximum absolute atomic E-state index is 9.78. The molecule has 1 atom stereocenters. The summed E-state index contributed by atoms with van der Waals surface area (Å²) >= 11 is 0. The third-order valence-corrected chi connectivity index (χ3v) is 4.48. The second-order valence-corrected chi connectivity index (χ2v) is 5.66. The van der Waals surface area contributed by atoms with E-state index in [-0.39, 0.29) is 5.41 Å². The number of ether oxygens (including phenoxy) is 1. The first-order chi connectivity index (χ1) is 8.83. The molecule has 1 saturated heterocycles. The van der Waals surface area contributed by atoms with Crippen LogP contribution >= 0.6 is 0 Å². The van der Waals surface area contributed by atoms with Gasteiger partial charge in [0.2, 0.25) is 0 Å². The summed E-state index contributed by atoms with van der Waals surface area (Å²) in [4.78, 5) is 0. The van der Waals surface area contributed by atoms with Gasteiger partial charge in [0.15, 0.2) is 0 Å². The van der Waals surface area contributed by atoms with Crippen LogP contribution in [0.2, 0.25) is 0 Å². The Hall–Kier alpha value is -1.06. The van der Waals surface area contributed by atoms with Crippen LogP contribution in [0.25, 0.3) is 0 Å². The number of nitrogens with one attached hydrogen (secondary N) is 1. The second kappa shape index (κ2) is 4.90. The minimum Gasteiger partial charge on any atom is -0.493 e. The van der Waals surface area contributed by atoms with E-state index in [1.807, 2.05) is 12.1 Å². The normalized spacial score (nSPS) is 25.5. The van der Waals surface area contributed by atoms with E-state index < -0.39 is 0 Å². The van der Waals surface area contributed by atoms with E-state index in [0.29, 0.717) is 12.5 Å². The van der Waals surface area contributed by atoms with Gasteiger partial charge >= 0.3 is 0 Å². The first kappa shape index (κ1) is 12.0. The molecule has 0 spiro atoms. The van der Waals surface area contributed by atoms with Crippen molar-refractivity contribution in [1.82, 2.24) is 5.32 Å². The number of aliphatic hydroxyl groups excluding tert-OH is 1. The molecule has 3 heteroatoms. The molecule has 2 aliphatic heterocycles. The first-order valence-corrected chi connectivity index (χ1v) is 6.86. The molecule has 0 amide bonds. The zero-order valence-corrected chi connectivity index (χ0v) is 10.7. The fourth-order valence-electron chi connectivity index (χ4n) is 3.30. The SMILES string of the molecule is OCC1(CC2COc3ccccc32)CCNCC1. The Bertz CT molecular complexity index is 413. The van der Waals surface area contributed by atoms with Gasteiger partial charge in [0.1, 0.15) is 5.75 Å². The Labute approximate surface area is 108 Å². The molecule has 2 aliphatic rings. The van der Waals surface area contributed by atoms with Crippen LogP contribution in [-0.2, 0) is 0 Å². The van der Waals surface area contributed by atoms with Crippen molar-refractivity contribution in [3.8, 4) is 5.75 Å². The summed E-state index contributed by atoms with van der Waals surface area (Å²) in [5.74, 6) is 1.48. The first-order valence-electron chi connectivity index (χ1n) is 6.86. The average molecular weight is 247 g/mol. The predicted octanol–water partition coefficient (Wildman–Crippen LogP) is 1.91. The number of hydrogen-bond acceptors (Lipinski definition) is 3. The molecular formula is C15H21NO2. The van der Waals surface area contributed by atoms with Gasteiger partial charge in [0, 0.05) is 18.1 Å². The lowest BCUT2D eigenvalue weighted by molar-refractivity contribution is 0.0700. The van der Waals surface area contributed by atoms with E-state index in [1.165, 1.54) is 5.56 Å². The highest BCUT2D eigenvalue weighted by Crippen LogP contribution is 2.43. The molecule has 2 heterocycles. The van der Waals surface area contributed by atoms with E-state index in [0.717, 1.165) is 44.7 Å². The van der Waals surface area contributed by atoms with Gasteiger partial charge in [0.05, 0.1) is 6.61 Å². The van der Waals surface area contributed by atoms with Gasteiger partial charge in [-0.05, 0) is 43.8 Å². The molecule has 0 aromatic heterocycles. The molecule has 1 aromatic carbocycles. The third-order valence-electron chi connectivity index (χ3n) is 4.48. The summed E-state index contributed by atoms with van der Waals surface area (Å²) in [6.07, 6.45) is 3.19. The third kappa shape index (κ3) is 2.13. The van der Waals surface area contributed by atoms with Gasteiger partial charge in [-0.2, -0.15) is 0 Å². The van der Waals surface area contributed by atoms with Crippen molar-refractivity contribution in [3.63, 3.8) is 0 Å². The van der Waals surface area contributed by atoms with Crippen LogP contribution in [0.5, 0.6) is 5.75 Å². The van der Waals surface area contributed by atoms with Crippen LogP contribution in [-0.4, -0.2) is 31.4 Å². The Balaban J connectivity index is 1.77. The number of para-hydroxylation sites is 1. The van der Waals surface area contributed by atoms with Crippen molar-refractivity contribution in [2.45, 2.75) is 25.2 Å². The summed E-state index contributed by atoms with van der Waals surface area (Å²) in [6, 6.07) is 8.31. The van der Waals surface area contributed by atoms with Gasteiger partial charge in [-0.1, -0.05) is 18.2 Å². The molecule has 0 radical (unpaired) electrons. The molecule has 18 heavy (non-hydrogen) atoms. The van der Waals surface area contributed by atoms with Crippen LogP contribution in [0.4, 0.5) is 0 Å². The van der Waals surface area contributed by atoms with Gasteiger partial charge in [0.25, 0.3) is 0 Å². The summed E-state index contributed by atoms with van der Waals surface area (Å²) in [7, 11) is 0. The highest BCUT2D eigenvalue weighted by atomic mass is 16.5. The minimum absolute atomic E-state index is 0.0940. The molecule has 98 valence electrons. The molecule has 2 N–H and O–H groups in total. The van der Waals surface area contributed by atoms with Crippen LogP contribution in [0, 0.1) is 5.41 Å². The fraction of sp³-hybridized carbons (Fsp3) is 0.600. The summed E-state index contributed by atoms with van der Waals surface area (Å²) < 4.78 is 5.74. The van der Waals surface area contributed by atoms with Crippen LogP contribution in [0.1, 0.15) is 30.7 Å². The molecule has 0 bridgehead atoms. The van der Waals surface area contributed by atoms with Crippen LogP contribution in [0.3, 0.4) is 0 Å². The van der Waals surface area contributed by atoms with E-state index >= 15 is 0 Å². The van der Waals surface area contributed by atoms with Gasteiger partial charge in [-0.25, -0.2) is 0 Å². The van der Waals surface area contributed by atoms with Crippen molar-refractivity contribution < 1.29 is 9.84 Å². The monoisotopic (exact) mass is 247 g/mol. The largest absolute Gasteiger partial charge is 0.493 e. The second-order valence-electron chi connectivity index (χ2n) is 5.66. The number of aliphatic hydroxyl groups is 1. The molecule has 3 nitrogen and oxygen atoms in total. The smallest absolute Gasteiger partial charge is 0.122 e. The average Bonchev–Trinajstić information content (AvgIpc) is 2.83. The fourth-order valence-corrected chi connectivity index (χ4v) is 3.30. The number of hydrogen-bond donors (Lipinski definition) is 2. The van der Waals surface area contributed by atoms with Crippen molar-refractivity contribution in [2.24, 2.45) is 5.41 Å². The lowest BCUT2D eigenvalue weighted by atomic mass is 9.72. The molecule has 0 aliphatic carbocycles. The summed E-state index contributed by atoms with van der Waals surface area (Å²) in [5, 5.41) is 13.2. The van der Waals surface area contributed by atoms with Crippen LogP contribution in [0.15, 0.2) is 24.3 Å². The lowest BCUT2D eigenvalue weighted by Crippen LogP contribution is -2.40. The number of piperidine rings is 1. The number of rotatable bonds is 3. The van der Waals surface area contributed by atoms with Crippen molar-refractivity contribution in [1.29, 1.82) is 0 Å². The summed E-state index contributed by atoms with van der Waals surface area (Å²) in [5.41, 5.74) is 1.42. The maximum atomic E-state index is 9.78. The standard InChI is InChI=1S/C15H21NO2/c17-11-15(5-7-16-8-6-15)9-12-10-18-14-4-2-1-3-13(12)14/h1-4,12,16-17H,5-11H2. The minimum atomic E-state index is 0.0940. The zero-order valence-electron chi connectivity index (χ0n) is 10.7. The van der Waals surface area contributed by atoms with Gasteiger partial charge in [-0.15, -0.1) is 0 Å². The Morgan fingerprint density at radius 3 is 2.83 bits per heavy atom. The Morgan fingerprint density at radius 2 is 2.06 bits per heavy atom. The maximum Gasteiger partial charge on any atom is 0.122 e. The topological polar surface area (TPSA) is 41.5 Å². The van der Waals surface area contributed by atoms with E-state index in [2.05, 4.69) is 17.4 Å². The number of fused-ring (bicyclic) bond motifs is 1. The predicted molar refractivity (Wildman–Crippen MR) is 70.9 cm³/mol. The van der Waals surface area contributed by atoms with E-state index in [1.54, 1.807) is 0 Å². The van der Waals surface area contributed by atoms with Crippen molar-refractivity contribution in [2.75, 3.05) is 26.3 Å². The van der Waals surface area contributed by atoms with Gasteiger partial charge < -0.3 is 15.2 Å². The molecular weight excluding hydrogens is 226 g/mol. The molecule has 1 fully saturated rings. The Kier molecular flexibility index (Phi) is 3.27. The van der Waals surface area contributed by atoms with Gasteiger partial charge in [-0.3, -0.25) is 0 Å². The molecule has 3 rings (SSSR count). The van der Waals surface area contributed by atoms with Crippen molar-refractivity contribution in [3.05, 3.63) is 29.8 Å². The Morgan fingerprint density at radius 1 is 1.28 bits per heavy atom. The number of benzene rings is 1. The zero-order chi connectivity index (χ0) is 12.4. The highest BCUT2D eigenvalue weighted by Gasteiger charge is 2.37. The quantitative estimate of drug-likeness (QED) is 0.857. The molecule has 1 aromatic rings. The van der Waals surface area contributed by atoms with E-state index in [9.17, 15) is 5.11 Å². The van der Waals surface area contributed by atoms with Crippen molar-refractivity contribution >= 4 is 0 Å². The summed E-state index contributed by atoms with van der Waals surface area (Å²) in [6.45, 7) is 3.12. The molecule has 1 unspecified atom stereocenters. The van der Waals surface area contributed by atoms with Crippen LogP contribution < -0.4 is 10.1 Å². The lowest BCUT2D eigenvalue weighted by Gasteiger charge is -2.37.